The van der Waals surface area contributed by atoms with E-state index in [9.17, 15) is 28.8 Å². The summed E-state index contributed by atoms with van der Waals surface area (Å²) in [6.07, 6.45) is 6.48. The second-order valence-corrected chi connectivity index (χ2v) is 15.9. The predicted molar refractivity (Wildman–Crippen MR) is 237 cm³/mol. The summed E-state index contributed by atoms with van der Waals surface area (Å²) in [5, 5.41) is 15.3. The van der Waals surface area contributed by atoms with Gasteiger partial charge in [0.25, 0.3) is 22.9 Å². The quantitative estimate of drug-likeness (QED) is 0.112. The molecule has 4 heterocycles. The van der Waals surface area contributed by atoms with Gasteiger partial charge < -0.3 is 38.4 Å². The number of aliphatic carboxylic acids is 1. The number of aryl methyl sites for hydroxylation is 2. The van der Waals surface area contributed by atoms with Gasteiger partial charge in [-0.15, -0.1) is 0 Å². The first-order chi connectivity index (χ1) is 30.9. The van der Waals surface area contributed by atoms with E-state index < -0.39 is 24.4 Å². The van der Waals surface area contributed by atoms with Crippen LogP contribution in [0.25, 0.3) is 66.3 Å². The molecule has 2 saturated carbocycles. The molecule has 0 saturated heterocycles. The van der Waals surface area contributed by atoms with Crippen LogP contribution in [0.3, 0.4) is 0 Å². The minimum absolute atomic E-state index is 0.123. The Hall–Kier alpha value is -7.88. The largest absolute Gasteiger partial charge is 0.480 e. The molecule has 4 aromatic heterocycles. The number of carboxylic acids is 1. The van der Waals surface area contributed by atoms with Gasteiger partial charge in [0, 0.05) is 34.0 Å². The second kappa shape index (κ2) is 16.8. The fraction of sp³-hybridized carbons (Fsp3) is 0.250. The van der Waals surface area contributed by atoms with Gasteiger partial charge in [0.15, 0.2) is 35.0 Å². The molecule has 324 valence electrons. The maximum atomic E-state index is 13.1. The van der Waals surface area contributed by atoms with E-state index in [1.807, 2.05) is 71.5 Å². The van der Waals surface area contributed by atoms with Crippen LogP contribution in [0.1, 0.15) is 76.5 Å². The highest BCUT2D eigenvalue weighted by atomic mass is 16.5. The summed E-state index contributed by atoms with van der Waals surface area (Å²) < 4.78 is 19.6. The Morgan fingerprint density at radius 1 is 0.656 bits per heavy atom. The lowest BCUT2D eigenvalue weighted by molar-refractivity contribution is -0.141. The highest BCUT2D eigenvalue weighted by molar-refractivity contribution is 6.05. The van der Waals surface area contributed by atoms with Crippen LogP contribution in [-0.4, -0.2) is 67.7 Å². The van der Waals surface area contributed by atoms with Crippen LogP contribution in [0.15, 0.2) is 104 Å². The molecule has 16 nitrogen and oxygen atoms in total. The van der Waals surface area contributed by atoms with E-state index in [4.69, 9.17) is 18.7 Å². The Labute approximate surface area is 363 Å². The topological polar surface area (TPSA) is 218 Å². The minimum Gasteiger partial charge on any atom is -0.480 e. The van der Waals surface area contributed by atoms with Crippen molar-refractivity contribution in [3.8, 4) is 22.3 Å². The molecule has 8 aromatic rings. The number of esters is 1. The number of fused-ring (bicyclic) bond motifs is 6. The first-order valence-electron chi connectivity index (χ1n) is 20.9. The summed E-state index contributed by atoms with van der Waals surface area (Å²) in [5.41, 5.74) is 9.62. The van der Waals surface area contributed by atoms with Crippen LogP contribution >= 0.6 is 0 Å². The zero-order chi connectivity index (χ0) is 44.8. The van der Waals surface area contributed by atoms with Crippen LogP contribution in [-0.2, 0) is 14.3 Å². The molecule has 64 heavy (non-hydrogen) atoms. The number of ether oxygens (including phenoxy) is 1. The molecule has 2 fully saturated rings. The molecule has 10 rings (SSSR count). The summed E-state index contributed by atoms with van der Waals surface area (Å²) in [5.74, 6) is -2.37. The Bertz CT molecular complexity index is 3300. The first-order valence-corrected chi connectivity index (χ1v) is 20.9. The number of carboxylic acid groups (broad SMARTS) is 1. The molecular formula is C48H42N6O10. The molecule has 4 aromatic carbocycles. The third kappa shape index (κ3) is 7.67. The number of pyridine rings is 2. The second-order valence-electron chi connectivity index (χ2n) is 15.9. The lowest BCUT2D eigenvalue weighted by Crippen LogP contribution is -2.30. The predicted octanol–water partition coefficient (Wildman–Crippen LogP) is 7.01. The molecular weight excluding hydrogens is 821 g/mol. The van der Waals surface area contributed by atoms with Crippen LogP contribution in [0.2, 0.25) is 0 Å². The van der Waals surface area contributed by atoms with Crippen molar-refractivity contribution in [2.45, 2.75) is 58.5 Å². The van der Waals surface area contributed by atoms with Gasteiger partial charge >= 0.3 is 11.9 Å². The summed E-state index contributed by atoms with van der Waals surface area (Å²) in [6, 6.07) is 22.3. The van der Waals surface area contributed by atoms with E-state index in [1.165, 1.54) is 12.8 Å². The highest BCUT2D eigenvalue weighted by Gasteiger charge is 2.31. The molecule has 2 amide bonds. The molecule has 2 aliphatic carbocycles. The van der Waals surface area contributed by atoms with E-state index in [0.717, 1.165) is 80.9 Å². The fourth-order valence-corrected chi connectivity index (χ4v) is 8.31. The number of nitrogens with zero attached hydrogens (tertiary/aromatic N) is 4. The van der Waals surface area contributed by atoms with Crippen molar-refractivity contribution in [2.24, 2.45) is 0 Å². The van der Waals surface area contributed by atoms with Crippen molar-refractivity contribution in [3.05, 3.63) is 129 Å². The van der Waals surface area contributed by atoms with Gasteiger partial charge in [0.1, 0.15) is 13.1 Å². The monoisotopic (exact) mass is 862 g/mol. The van der Waals surface area contributed by atoms with E-state index in [-0.39, 0.29) is 42.3 Å². The third-order valence-corrected chi connectivity index (χ3v) is 11.6. The Morgan fingerprint density at radius 3 is 1.47 bits per heavy atom. The standard InChI is InChI=1S/C25H23N3O5.C23H19N3O5/c1-3-32-20(29)12-26-24(30)16-6-4-15(5-7-16)18-10-11-19-22(14(18)2)28(17-8-9-17)25(31)21-23(19)33-13-27-21;1-12-16(13-2-4-14(5-3-13)22(29)24-10-18(27)28)8-9-17-20(12)26(15-6-7-15)23(30)19-21(17)31-11-25-19/h4-7,10-11,13,17H,3,8-9,12H2,1-2H3,(H,26,30);2-5,8-9,11,15H,6-7,10H2,1H3,(H,24,29)(H,27,28). The number of carbonyl (C=O) groups excluding carboxylic acids is 3. The number of benzene rings is 4. The maximum Gasteiger partial charge on any atom is 0.325 e. The molecule has 0 unspecified atom stereocenters. The van der Waals surface area contributed by atoms with Gasteiger partial charge in [-0.3, -0.25) is 28.8 Å². The number of aromatic nitrogens is 4. The van der Waals surface area contributed by atoms with E-state index in [0.29, 0.717) is 33.3 Å². The summed E-state index contributed by atoms with van der Waals surface area (Å²) >= 11 is 0. The van der Waals surface area contributed by atoms with Gasteiger partial charge in [-0.1, -0.05) is 36.4 Å². The average molecular weight is 863 g/mol. The number of rotatable bonds is 11. The first kappa shape index (κ1) is 41.5. The van der Waals surface area contributed by atoms with E-state index in [2.05, 4.69) is 20.6 Å². The van der Waals surface area contributed by atoms with E-state index >= 15 is 0 Å². The van der Waals surface area contributed by atoms with Crippen molar-refractivity contribution < 1.29 is 37.9 Å². The molecule has 0 aliphatic heterocycles. The van der Waals surface area contributed by atoms with Crippen LogP contribution in [0.5, 0.6) is 0 Å². The van der Waals surface area contributed by atoms with Crippen LogP contribution < -0.4 is 21.8 Å². The molecule has 3 N–H and O–H groups in total. The summed E-state index contributed by atoms with van der Waals surface area (Å²) in [4.78, 5) is 81.0. The molecule has 0 atom stereocenters. The number of nitrogens with one attached hydrogen (secondary N) is 2. The number of amides is 2. The summed E-state index contributed by atoms with van der Waals surface area (Å²) in [6.45, 7) is 5.35. The van der Waals surface area contributed by atoms with Gasteiger partial charge in [-0.25, -0.2) is 9.97 Å². The van der Waals surface area contributed by atoms with Crippen molar-refractivity contribution >= 4 is 67.8 Å². The number of hydrogen-bond acceptors (Lipinski definition) is 11. The molecule has 2 aliphatic rings. The highest BCUT2D eigenvalue weighted by Crippen LogP contribution is 2.41. The number of carbonyl (C=O) groups is 4. The molecule has 0 radical (unpaired) electrons. The maximum absolute atomic E-state index is 13.1. The number of oxazole rings is 2. The zero-order valence-corrected chi connectivity index (χ0v) is 35.1. The van der Waals surface area contributed by atoms with Gasteiger partial charge in [-0.05, 0) is 116 Å². The van der Waals surface area contributed by atoms with Gasteiger partial charge in [0.05, 0.1) is 17.6 Å². The van der Waals surface area contributed by atoms with Gasteiger partial charge in [-0.2, -0.15) is 0 Å². The Balaban J connectivity index is 0.000000162. The fourth-order valence-electron chi connectivity index (χ4n) is 8.31. The molecule has 16 heteroatoms. The Kier molecular flexibility index (Phi) is 10.9. The van der Waals surface area contributed by atoms with Crippen LogP contribution in [0, 0.1) is 13.8 Å². The lowest BCUT2D eigenvalue weighted by atomic mass is 9.96. The molecule has 0 spiro atoms. The van der Waals surface area contributed by atoms with Crippen molar-refractivity contribution in [1.29, 1.82) is 0 Å². The van der Waals surface area contributed by atoms with Crippen molar-refractivity contribution in [2.75, 3.05) is 19.7 Å². The molecule has 0 bridgehead atoms. The Morgan fingerprint density at radius 2 is 1.08 bits per heavy atom. The SMILES string of the molecule is CCOC(=O)CNC(=O)c1ccc(-c2ccc3c4ocnc4c(=O)n(C4CC4)c3c2C)cc1.Cc1c(-c2ccc(C(=O)NCC(=O)O)cc2)ccc2c3ocnc3c(=O)n(C3CC3)c12. The zero-order valence-electron chi connectivity index (χ0n) is 35.1. The minimum atomic E-state index is -1.10. The average Bonchev–Trinajstić information content (AvgIpc) is 4.22. The smallest absolute Gasteiger partial charge is 0.325 e. The number of hydrogen-bond donors (Lipinski definition) is 3. The third-order valence-electron chi connectivity index (χ3n) is 11.6. The summed E-state index contributed by atoms with van der Waals surface area (Å²) in [7, 11) is 0. The van der Waals surface area contributed by atoms with Crippen LogP contribution in [0.4, 0.5) is 0 Å². The normalized spacial score (nSPS) is 13.5. The van der Waals surface area contributed by atoms with Gasteiger partial charge in [0.2, 0.25) is 0 Å². The van der Waals surface area contributed by atoms with Crippen molar-refractivity contribution in [3.63, 3.8) is 0 Å². The van der Waals surface area contributed by atoms with E-state index in [1.54, 1.807) is 31.2 Å². The lowest BCUT2D eigenvalue weighted by Gasteiger charge is -2.15. The van der Waals surface area contributed by atoms with Crippen molar-refractivity contribution in [1.82, 2.24) is 29.7 Å².